The van der Waals surface area contributed by atoms with E-state index in [2.05, 4.69) is 42.0 Å². The lowest BCUT2D eigenvalue weighted by Gasteiger charge is -2.32. The first-order chi connectivity index (χ1) is 9.19. The summed E-state index contributed by atoms with van der Waals surface area (Å²) in [5.41, 5.74) is 2.73. The first-order valence-electron chi connectivity index (χ1n) is 7.57. The van der Waals surface area contributed by atoms with Crippen LogP contribution in [0.2, 0.25) is 0 Å². The Balaban J connectivity index is 1.97. The van der Waals surface area contributed by atoms with Crippen LogP contribution in [0.1, 0.15) is 44.2 Å². The zero-order chi connectivity index (χ0) is 13.7. The first-order valence-corrected chi connectivity index (χ1v) is 7.57. The van der Waals surface area contributed by atoms with Crippen LogP contribution in [0.15, 0.2) is 18.5 Å². The molecule has 0 spiro atoms. The van der Waals surface area contributed by atoms with E-state index in [9.17, 15) is 0 Å². The molecular formula is C16H27N3. The molecule has 1 saturated heterocycles. The maximum Gasteiger partial charge on any atom is 0.0300 e. The summed E-state index contributed by atoms with van der Waals surface area (Å²) >= 11 is 0. The van der Waals surface area contributed by atoms with Crippen LogP contribution in [0.25, 0.3) is 0 Å². The number of aromatic nitrogens is 1. The van der Waals surface area contributed by atoms with E-state index in [1.165, 1.54) is 43.5 Å². The summed E-state index contributed by atoms with van der Waals surface area (Å²) < 4.78 is 0. The Morgan fingerprint density at radius 3 is 2.89 bits per heavy atom. The molecule has 106 valence electrons. The molecule has 2 unspecified atom stereocenters. The van der Waals surface area contributed by atoms with Crippen molar-refractivity contribution in [1.82, 2.24) is 15.2 Å². The van der Waals surface area contributed by atoms with Gasteiger partial charge in [-0.1, -0.05) is 6.92 Å². The molecule has 1 aromatic rings. The van der Waals surface area contributed by atoms with Crippen LogP contribution in [0.5, 0.6) is 0 Å². The minimum absolute atomic E-state index is 0.631. The fourth-order valence-electron chi connectivity index (χ4n) is 2.80. The Labute approximate surface area is 117 Å². The van der Waals surface area contributed by atoms with Gasteiger partial charge in [-0.25, -0.2) is 0 Å². The van der Waals surface area contributed by atoms with Crippen molar-refractivity contribution in [3.05, 3.63) is 29.6 Å². The lowest BCUT2D eigenvalue weighted by Crippen LogP contribution is -2.43. The molecule has 0 aliphatic carbocycles. The zero-order valence-electron chi connectivity index (χ0n) is 12.5. The van der Waals surface area contributed by atoms with E-state index in [-0.39, 0.29) is 0 Å². The van der Waals surface area contributed by atoms with E-state index < -0.39 is 0 Å². The highest BCUT2D eigenvalue weighted by Gasteiger charge is 2.17. The average molecular weight is 261 g/mol. The maximum atomic E-state index is 4.18. The van der Waals surface area contributed by atoms with Gasteiger partial charge in [-0.15, -0.1) is 0 Å². The summed E-state index contributed by atoms with van der Waals surface area (Å²) in [6.07, 6.45) is 7.60. The van der Waals surface area contributed by atoms with Gasteiger partial charge >= 0.3 is 0 Å². The largest absolute Gasteiger partial charge is 0.311 e. The minimum atomic E-state index is 0.631. The summed E-state index contributed by atoms with van der Waals surface area (Å²) in [5, 5.41) is 3.73. The molecule has 1 N–H and O–H groups in total. The highest BCUT2D eigenvalue weighted by Crippen LogP contribution is 2.14. The van der Waals surface area contributed by atoms with Gasteiger partial charge in [0.05, 0.1) is 0 Å². The molecule has 1 aromatic heterocycles. The molecule has 3 nitrogen and oxygen atoms in total. The Hall–Kier alpha value is -0.930. The van der Waals surface area contributed by atoms with Gasteiger partial charge in [0.15, 0.2) is 0 Å². The number of nitrogens with one attached hydrogen (secondary N) is 1. The zero-order valence-corrected chi connectivity index (χ0v) is 12.5. The molecule has 3 heteroatoms. The Morgan fingerprint density at radius 2 is 2.16 bits per heavy atom. The molecule has 2 heterocycles. The molecule has 0 bridgehead atoms. The van der Waals surface area contributed by atoms with Crippen LogP contribution in [0, 0.1) is 6.92 Å². The van der Waals surface area contributed by atoms with Crippen LogP contribution >= 0.6 is 0 Å². The monoisotopic (exact) mass is 261 g/mol. The molecule has 0 amide bonds. The van der Waals surface area contributed by atoms with Crippen molar-refractivity contribution in [2.24, 2.45) is 0 Å². The molecule has 2 rings (SSSR count). The van der Waals surface area contributed by atoms with Crippen molar-refractivity contribution >= 4 is 0 Å². The lowest BCUT2D eigenvalue weighted by molar-refractivity contribution is 0.205. The Kier molecular flexibility index (Phi) is 5.34. The highest BCUT2D eigenvalue weighted by molar-refractivity contribution is 5.21. The summed E-state index contributed by atoms with van der Waals surface area (Å²) in [6.45, 7) is 10.2. The van der Waals surface area contributed by atoms with Crippen molar-refractivity contribution in [2.75, 3.05) is 13.1 Å². The molecule has 0 aromatic carbocycles. The normalized spacial score (nSPS) is 25.8. The molecule has 0 radical (unpaired) electrons. The van der Waals surface area contributed by atoms with Crippen LogP contribution < -0.4 is 5.32 Å². The van der Waals surface area contributed by atoms with E-state index >= 15 is 0 Å². The Morgan fingerprint density at radius 1 is 1.37 bits per heavy atom. The smallest absolute Gasteiger partial charge is 0.0300 e. The predicted molar refractivity (Wildman–Crippen MR) is 80.2 cm³/mol. The molecule has 1 fully saturated rings. The maximum absolute atomic E-state index is 4.18. The summed E-state index contributed by atoms with van der Waals surface area (Å²) in [7, 11) is 0. The van der Waals surface area contributed by atoms with E-state index in [1.807, 2.05) is 12.4 Å². The first kappa shape index (κ1) is 14.5. The molecule has 1 aliphatic rings. The SMILES string of the molecule is CCC1CCN(Cc2ccncc2C)CCC(C)N1. The third-order valence-electron chi connectivity index (χ3n) is 4.22. The summed E-state index contributed by atoms with van der Waals surface area (Å²) in [4.78, 5) is 6.78. The van der Waals surface area contributed by atoms with Gasteiger partial charge in [0, 0.05) is 31.0 Å². The fourth-order valence-corrected chi connectivity index (χ4v) is 2.80. The third-order valence-corrected chi connectivity index (χ3v) is 4.22. The number of aryl methyl sites for hydroxylation is 1. The van der Waals surface area contributed by atoms with E-state index in [0.717, 1.165) is 6.54 Å². The second-order valence-corrected chi connectivity index (χ2v) is 5.83. The van der Waals surface area contributed by atoms with Crippen molar-refractivity contribution in [3.63, 3.8) is 0 Å². The molecule has 0 saturated carbocycles. The highest BCUT2D eigenvalue weighted by atomic mass is 15.1. The lowest BCUT2D eigenvalue weighted by atomic mass is 10.0. The fraction of sp³-hybridized carbons (Fsp3) is 0.688. The quantitative estimate of drug-likeness (QED) is 0.907. The van der Waals surface area contributed by atoms with Crippen LogP contribution in [0.3, 0.4) is 0 Å². The van der Waals surface area contributed by atoms with Gasteiger partial charge in [-0.3, -0.25) is 9.88 Å². The number of nitrogens with zero attached hydrogens (tertiary/aromatic N) is 2. The van der Waals surface area contributed by atoms with Gasteiger partial charge < -0.3 is 5.32 Å². The number of pyridine rings is 1. The number of hydrogen-bond acceptors (Lipinski definition) is 3. The Bertz CT molecular complexity index is 391. The standard InChI is InChI=1S/C16H27N3/c1-4-16-7-10-19(9-6-14(3)18-16)12-15-5-8-17-11-13(15)2/h5,8,11,14,16,18H,4,6-7,9-10,12H2,1-3H3. The summed E-state index contributed by atoms with van der Waals surface area (Å²) in [5.74, 6) is 0. The van der Waals surface area contributed by atoms with E-state index in [1.54, 1.807) is 0 Å². The second-order valence-electron chi connectivity index (χ2n) is 5.83. The summed E-state index contributed by atoms with van der Waals surface area (Å²) in [6, 6.07) is 3.47. The minimum Gasteiger partial charge on any atom is -0.311 e. The molecule has 2 atom stereocenters. The van der Waals surface area contributed by atoms with Crippen molar-refractivity contribution in [2.45, 2.75) is 58.7 Å². The number of rotatable bonds is 3. The van der Waals surface area contributed by atoms with Crippen LogP contribution in [0.4, 0.5) is 0 Å². The van der Waals surface area contributed by atoms with Crippen LogP contribution in [-0.2, 0) is 6.54 Å². The van der Waals surface area contributed by atoms with Gasteiger partial charge in [0.1, 0.15) is 0 Å². The van der Waals surface area contributed by atoms with Crippen molar-refractivity contribution < 1.29 is 0 Å². The van der Waals surface area contributed by atoms with Gasteiger partial charge in [-0.05, 0) is 63.4 Å². The average Bonchev–Trinajstić information content (AvgIpc) is 2.40. The van der Waals surface area contributed by atoms with Gasteiger partial charge in [0.2, 0.25) is 0 Å². The van der Waals surface area contributed by atoms with Crippen LogP contribution in [-0.4, -0.2) is 35.1 Å². The molecular weight excluding hydrogens is 234 g/mol. The van der Waals surface area contributed by atoms with E-state index in [0.29, 0.717) is 12.1 Å². The molecule has 1 aliphatic heterocycles. The van der Waals surface area contributed by atoms with Crippen molar-refractivity contribution in [3.8, 4) is 0 Å². The van der Waals surface area contributed by atoms with E-state index in [4.69, 9.17) is 0 Å². The number of hydrogen-bond donors (Lipinski definition) is 1. The topological polar surface area (TPSA) is 28.2 Å². The second kappa shape index (κ2) is 7.01. The predicted octanol–water partition coefficient (Wildman–Crippen LogP) is 2.74. The molecule has 19 heavy (non-hydrogen) atoms. The van der Waals surface area contributed by atoms with Gasteiger partial charge in [0.25, 0.3) is 0 Å². The third kappa shape index (κ3) is 4.29. The van der Waals surface area contributed by atoms with Gasteiger partial charge in [-0.2, -0.15) is 0 Å². The van der Waals surface area contributed by atoms with Crippen molar-refractivity contribution in [1.29, 1.82) is 0 Å².